The van der Waals surface area contributed by atoms with E-state index in [4.69, 9.17) is 5.11 Å². The standard InChI is InChI=1S/C17H22N4O3/c1-12-14(19-20-21(12)13-7-5-4-6-8-13)11-15(22)18-17(2,3)10-9-16(23)24/h4-8H,9-11H2,1-3H3,(H,18,22)(H,23,24). The van der Waals surface area contributed by atoms with Gasteiger partial charge in [0.05, 0.1) is 23.5 Å². The Kier molecular flexibility index (Phi) is 5.33. The zero-order chi connectivity index (χ0) is 17.7. The molecule has 1 amide bonds. The molecule has 0 saturated carbocycles. The van der Waals surface area contributed by atoms with Crippen LogP contribution in [0, 0.1) is 6.92 Å². The smallest absolute Gasteiger partial charge is 0.303 e. The average Bonchev–Trinajstić information content (AvgIpc) is 2.87. The van der Waals surface area contributed by atoms with E-state index in [2.05, 4.69) is 15.6 Å². The van der Waals surface area contributed by atoms with E-state index >= 15 is 0 Å². The second-order valence-electron chi connectivity index (χ2n) is 6.37. The molecule has 0 spiro atoms. The Morgan fingerprint density at radius 1 is 1.25 bits per heavy atom. The molecule has 0 aliphatic heterocycles. The summed E-state index contributed by atoms with van der Waals surface area (Å²) in [5, 5.41) is 19.8. The molecule has 1 heterocycles. The maximum absolute atomic E-state index is 12.2. The predicted molar refractivity (Wildman–Crippen MR) is 88.9 cm³/mol. The Hall–Kier alpha value is -2.70. The highest BCUT2D eigenvalue weighted by atomic mass is 16.4. The summed E-state index contributed by atoms with van der Waals surface area (Å²) in [5.41, 5.74) is 1.71. The minimum atomic E-state index is -0.876. The predicted octanol–water partition coefficient (Wildman–Crippen LogP) is 1.88. The molecule has 0 atom stereocenters. The molecular weight excluding hydrogens is 308 g/mol. The molecule has 0 saturated heterocycles. The summed E-state index contributed by atoms with van der Waals surface area (Å²) in [5.74, 6) is -1.08. The van der Waals surface area contributed by atoms with Crippen molar-refractivity contribution in [1.82, 2.24) is 20.3 Å². The van der Waals surface area contributed by atoms with Crippen molar-refractivity contribution in [2.75, 3.05) is 0 Å². The van der Waals surface area contributed by atoms with Crippen LogP contribution in [0.25, 0.3) is 5.69 Å². The first-order valence-corrected chi connectivity index (χ1v) is 7.78. The summed E-state index contributed by atoms with van der Waals surface area (Å²) < 4.78 is 1.69. The highest BCUT2D eigenvalue weighted by Gasteiger charge is 2.23. The highest BCUT2D eigenvalue weighted by molar-refractivity contribution is 5.79. The number of nitrogens with zero attached hydrogens (tertiary/aromatic N) is 3. The number of aromatic nitrogens is 3. The van der Waals surface area contributed by atoms with E-state index < -0.39 is 11.5 Å². The average molecular weight is 330 g/mol. The minimum absolute atomic E-state index is 0.0104. The van der Waals surface area contributed by atoms with Crippen LogP contribution in [0.5, 0.6) is 0 Å². The Balaban J connectivity index is 2.02. The van der Waals surface area contributed by atoms with Crippen molar-refractivity contribution >= 4 is 11.9 Å². The maximum atomic E-state index is 12.2. The van der Waals surface area contributed by atoms with Crippen molar-refractivity contribution in [3.8, 4) is 5.69 Å². The molecule has 0 unspecified atom stereocenters. The van der Waals surface area contributed by atoms with Crippen LogP contribution in [0.15, 0.2) is 30.3 Å². The van der Waals surface area contributed by atoms with Crippen LogP contribution in [-0.2, 0) is 16.0 Å². The third-order valence-electron chi connectivity index (χ3n) is 3.76. The summed E-state index contributed by atoms with van der Waals surface area (Å²) in [6, 6.07) is 9.58. The largest absolute Gasteiger partial charge is 0.481 e. The number of carboxylic acid groups (broad SMARTS) is 1. The van der Waals surface area contributed by atoms with Crippen molar-refractivity contribution in [3.05, 3.63) is 41.7 Å². The number of hydrogen-bond donors (Lipinski definition) is 2. The normalized spacial score (nSPS) is 11.3. The number of benzene rings is 1. The molecule has 1 aromatic heterocycles. The van der Waals surface area contributed by atoms with Crippen LogP contribution in [-0.4, -0.2) is 37.5 Å². The number of nitrogens with one attached hydrogen (secondary N) is 1. The highest BCUT2D eigenvalue weighted by Crippen LogP contribution is 2.14. The molecule has 1 aromatic carbocycles. The third-order valence-corrected chi connectivity index (χ3v) is 3.76. The number of para-hydroxylation sites is 1. The van der Waals surface area contributed by atoms with Crippen LogP contribution in [0.4, 0.5) is 0 Å². The second kappa shape index (κ2) is 7.25. The van der Waals surface area contributed by atoms with Gasteiger partial charge in [0.1, 0.15) is 0 Å². The van der Waals surface area contributed by atoms with Gasteiger partial charge in [-0.2, -0.15) is 0 Å². The van der Waals surface area contributed by atoms with Gasteiger partial charge in [0, 0.05) is 12.0 Å². The van der Waals surface area contributed by atoms with Gasteiger partial charge in [0.15, 0.2) is 0 Å². The van der Waals surface area contributed by atoms with Gasteiger partial charge in [0.2, 0.25) is 5.91 Å². The molecule has 0 bridgehead atoms. The lowest BCUT2D eigenvalue weighted by atomic mass is 9.98. The fourth-order valence-electron chi connectivity index (χ4n) is 2.39. The van der Waals surface area contributed by atoms with Crippen molar-refractivity contribution in [2.45, 2.75) is 45.6 Å². The number of carbonyl (C=O) groups excluding carboxylic acids is 1. The van der Waals surface area contributed by atoms with E-state index in [1.807, 2.05) is 51.1 Å². The summed E-state index contributed by atoms with van der Waals surface area (Å²) in [7, 11) is 0. The first-order valence-electron chi connectivity index (χ1n) is 7.78. The van der Waals surface area contributed by atoms with Crippen molar-refractivity contribution < 1.29 is 14.7 Å². The lowest BCUT2D eigenvalue weighted by molar-refractivity contribution is -0.137. The molecule has 0 aliphatic rings. The quantitative estimate of drug-likeness (QED) is 0.808. The Morgan fingerprint density at radius 3 is 2.54 bits per heavy atom. The lowest BCUT2D eigenvalue weighted by Gasteiger charge is -2.25. The van der Waals surface area contributed by atoms with Crippen LogP contribution in [0.2, 0.25) is 0 Å². The summed E-state index contributed by atoms with van der Waals surface area (Å²) in [4.78, 5) is 22.9. The van der Waals surface area contributed by atoms with E-state index in [0.29, 0.717) is 12.1 Å². The molecule has 0 radical (unpaired) electrons. The van der Waals surface area contributed by atoms with Gasteiger partial charge in [-0.1, -0.05) is 23.4 Å². The van der Waals surface area contributed by atoms with Gasteiger partial charge in [-0.15, -0.1) is 5.10 Å². The lowest BCUT2D eigenvalue weighted by Crippen LogP contribution is -2.44. The Bertz CT molecular complexity index is 723. The SMILES string of the molecule is Cc1c(CC(=O)NC(C)(C)CCC(=O)O)nnn1-c1ccccc1. The summed E-state index contributed by atoms with van der Waals surface area (Å²) in [6.45, 7) is 5.48. The third kappa shape index (κ3) is 4.65. The van der Waals surface area contributed by atoms with Gasteiger partial charge >= 0.3 is 5.97 Å². The fourth-order valence-corrected chi connectivity index (χ4v) is 2.39. The van der Waals surface area contributed by atoms with Crippen LogP contribution < -0.4 is 5.32 Å². The Morgan fingerprint density at radius 2 is 1.92 bits per heavy atom. The molecule has 0 aliphatic carbocycles. The van der Waals surface area contributed by atoms with Gasteiger partial charge < -0.3 is 10.4 Å². The first-order chi connectivity index (χ1) is 11.3. The van der Waals surface area contributed by atoms with Gasteiger partial charge in [-0.05, 0) is 39.3 Å². The van der Waals surface area contributed by atoms with Crippen molar-refractivity contribution in [3.63, 3.8) is 0 Å². The summed E-state index contributed by atoms with van der Waals surface area (Å²) >= 11 is 0. The van der Waals surface area contributed by atoms with Crippen LogP contribution in [0.1, 0.15) is 38.1 Å². The maximum Gasteiger partial charge on any atom is 0.303 e. The number of carbonyl (C=O) groups is 2. The molecule has 2 aromatic rings. The molecule has 7 nitrogen and oxygen atoms in total. The van der Waals surface area contributed by atoms with E-state index in [0.717, 1.165) is 11.4 Å². The van der Waals surface area contributed by atoms with Gasteiger partial charge in [-0.3, -0.25) is 9.59 Å². The van der Waals surface area contributed by atoms with E-state index in [1.54, 1.807) is 4.68 Å². The van der Waals surface area contributed by atoms with Gasteiger partial charge in [-0.25, -0.2) is 4.68 Å². The number of amides is 1. The zero-order valence-electron chi connectivity index (χ0n) is 14.1. The number of carboxylic acids is 1. The fraction of sp³-hybridized carbons (Fsp3) is 0.412. The van der Waals surface area contributed by atoms with Gasteiger partial charge in [0.25, 0.3) is 0 Å². The second-order valence-corrected chi connectivity index (χ2v) is 6.37. The van der Waals surface area contributed by atoms with Crippen molar-refractivity contribution in [2.24, 2.45) is 0 Å². The monoisotopic (exact) mass is 330 g/mol. The molecule has 2 rings (SSSR count). The molecule has 7 heteroatoms. The van der Waals surface area contributed by atoms with Crippen LogP contribution >= 0.6 is 0 Å². The zero-order valence-corrected chi connectivity index (χ0v) is 14.1. The molecule has 0 fully saturated rings. The molecule has 128 valence electrons. The van der Waals surface area contributed by atoms with E-state index in [-0.39, 0.29) is 18.7 Å². The molecular formula is C17H22N4O3. The van der Waals surface area contributed by atoms with Crippen molar-refractivity contribution in [1.29, 1.82) is 0 Å². The Labute approximate surface area is 140 Å². The summed E-state index contributed by atoms with van der Waals surface area (Å²) in [6.07, 6.45) is 0.482. The van der Waals surface area contributed by atoms with E-state index in [1.165, 1.54) is 0 Å². The number of aliphatic carboxylic acids is 1. The number of rotatable bonds is 7. The molecule has 24 heavy (non-hydrogen) atoms. The molecule has 2 N–H and O–H groups in total. The topological polar surface area (TPSA) is 97.1 Å². The van der Waals surface area contributed by atoms with E-state index in [9.17, 15) is 9.59 Å². The number of hydrogen-bond acceptors (Lipinski definition) is 4. The van der Waals surface area contributed by atoms with Crippen LogP contribution in [0.3, 0.4) is 0 Å². The first kappa shape index (κ1) is 17.7. The minimum Gasteiger partial charge on any atom is -0.481 e.